The fraction of sp³-hybridized carbons (Fsp3) is 0.533. The van der Waals surface area contributed by atoms with Gasteiger partial charge in [0.1, 0.15) is 5.75 Å². The fourth-order valence-corrected chi connectivity index (χ4v) is 1.65. The van der Waals surface area contributed by atoms with E-state index in [1.54, 1.807) is 12.1 Å². The molecule has 0 fully saturated rings. The van der Waals surface area contributed by atoms with Crippen molar-refractivity contribution in [2.75, 3.05) is 0 Å². The molecule has 1 aromatic carbocycles. The van der Waals surface area contributed by atoms with Gasteiger partial charge in [-0.1, -0.05) is 44.4 Å². The molecule has 0 aliphatic rings. The Bertz CT molecular complexity index is 341. The lowest BCUT2D eigenvalue weighted by Gasteiger charge is -2.22. The molecule has 0 aliphatic carbocycles. The lowest BCUT2D eigenvalue weighted by Crippen LogP contribution is -2.28. The van der Waals surface area contributed by atoms with E-state index < -0.39 is 5.41 Å². The minimum Gasteiger partial charge on any atom is -0.426 e. The molecule has 0 radical (unpaired) electrons. The van der Waals surface area contributed by atoms with Crippen LogP contribution >= 0.6 is 0 Å². The minimum absolute atomic E-state index is 0.139. The minimum atomic E-state index is -0.398. The molecule has 0 heterocycles. The van der Waals surface area contributed by atoms with Crippen LogP contribution in [0.1, 0.15) is 46.5 Å². The Kier molecular flexibility index (Phi) is 5.20. The number of para-hydroxylation sites is 1. The number of rotatable bonds is 6. The van der Waals surface area contributed by atoms with Gasteiger partial charge in [-0.25, -0.2) is 0 Å². The second kappa shape index (κ2) is 6.43. The molecule has 2 nitrogen and oxygen atoms in total. The van der Waals surface area contributed by atoms with Gasteiger partial charge in [0.05, 0.1) is 5.41 Å². The van der Waals surface area contributed by atoms with Crippen molar-refractivity contribution in [1.82, 2.24) is 0 Å². The van der Waals surface area contributed by atoms with Gasteiger partial charge >= 0.3 is 5.97 Å². The first-order chi connectivity index (χ1) is 8.06. The molecule has 0 atom stereocenters. The number of carbonyl (C=O) groups excluding carboxylic acids is 1. The van der Waals surface area contributed by atoms with Gasteiger partial charge in [0, 0.05) is 0 Å². The Labute approximate surface area is 104 Å². The molecule has 0 aliphatic heterocycles. The summed E-state index contributed by atoms with van der Waals surface area (Å²) in [5.41, 5.74) is -0.398. The summed E-state index contributed by atoms with van der Waals surface area (Å²) in [6.45, 7) is 6.07. The van der Waals surface area contributed by atoms with Gasteiger partial charge in [0.15, 0.2) is 0 Å². The average molecular weight is 234 g/mol. The van der Waals surface area contributed by atoms with Crippen molar-refractivity contribution in [1.29, 1.82) is 0 Å². The smallest absolute Gasteiger partial charge is 0.316 e. The average Bonchev–Trinajstić information content (AvgIpc) is 2.30. The number of ether oxygens (including phenoxy) is 1. The van der Waals surface area contributed by atoms with E-state index in [1.807, 2.05) is 32.0 Å². The summed E-state index contributed by atoms with van der Waals surface area (Å²) in [7, 11) is 0. The van der Waals surface area contributed by atoms with E-state index in [1.165, 1.54) is 12.8 Å². The molecule has 0 bridgehead atoms. The van der Waals surface area contributed by atoms with Crippen LogP contribution in [0.25, 0.3) is 0 Å². The predicted octanol–water partition coefficient (Wildman–Crippen LogP) is 4.20. The Morgan fingerprint density at radius 3 is 2.41 bits per heavy atom. The summed E-state index contributed by atoms with van der Waals surface area (Å²) in [5, 5.41) is 0. The standard InChI is InChI=1S/C15H22O2/c1-4-5-9-12-15(2,3)14(16)17-13-10-7-6-8-11-13/h6-8,10-11H,4-5,9,12H2,1-3H3. The first-order valence-electron chi connectivity index (χ1n) is 6.33. The molecule has 0 saturated heterocycles. The maximum absolute atomic E-state index is 12.0. The second-order valence-electron chi connectivity index (χ2n) is 5.04. The summed E-state index contributed by atoms with van der Waals surface area (Å²) in [6.07, 6.45) is 4.30. The van der Waals surface area contributed by atoms with Crippen molar-refractivity contribution in [3.05, 3.63) is 30.3 Å². The van der Waals surface area contributed by atoms with Crippen molar-refractivity contribution in [3.63, 3.8) is 0 Å². The highest BCUT2D eigenvalue weighted by Gasteiger charge is 2.29. The molecule has 0 spiro atoms. The number of hydrogen-bond donors (Lipinski definition) is 0. The molecule has 0 aromatic heterocycles. The van der Waals surface area contributed by atoms with E-state index in [0.717, 1.165) is 12.8 Å². The molecule has 0 unspecified atom stereocenters. The highest BCUT2D eigenvalue weighted by atomic mass is 16.5. The molecule has 1 rings (SSSR count). The second-order valence-corrected chi connectivity index (χ2v) is 5.04. The first-order valence-corrected chi connectivity index (χ1v) is 6.33. The van der Waals surface area contributed by atoms with E-state index in [-0.39, 0.29) is 5.97 Å². The van der Waals surface area contributed by atoms with Gasteiger partial charge in [-0.05, 0) is 32.4 Å². The number of hydrogen-bond acceptors (Lipinski definition) is 2. The van der Waals surface area contributed by atoms with E-state index in [4.69, 9.17) is 4.74 Å². The van der Waals surface area contributed by atoms with Gasteiger partial charge in [-0.3, -0.25) is 4.79 Å². The third-order valence-corrected chi connectivity index (χ3v) is 2.91. The van der Waals surface area contributed by atoms with Crippen LogP contribution in [-0.4, -0.2) is 5.97 Å². The molecule has 2 heteroatoms. The van der Waals surface area contributed by atoms with E-state index in [9.17, 15) is 4.79 Å². The Balaban J connectivity index is 2.51. The molecule has 0 amide bonds. The molecular weight excluding hydrogens is 212 g/mol. The van der Waals surface area contributed by atoms with Gasteiger partial charge < -0.3 is 4.74 Å². The summed E-state index contributed by atoms with van der Waals surface area (Å²) in [4.78, 5) is 12.0. The topological polar surface area (TPSA) is 26.3 Å². The molecule has 0 N–H and O–H groups in total. The largest absolute Gasteiger partial charge is 0.426 e. The fourth-order valence-electron chi connectivity index (χ4n) is 1.65. The third-order valence-electron chi connectivity index (χ3n) is 2.91. The van der Waals surface area contributed by atoms with Crippen LogP contribution in [0, 0.1) is 5.41 Å². The van der Waals surface area contributed by atoms with Crippen LogP contribution in [0.15, 0.2) is 30.3 Å². The summed E-state index contributed by atoms with van der Waals surface area (Å²) in [6, 6.07) is 9.25. The highest BCUT2D eigenvalue weighted by molar-refractivity contribution is 5.78. The van der Waals surface area contributed by atoms with Crippen LogP contribution in [0.2, 0.25) is 0 Å². The molecule has 0 saturated carbocycles. The van der Waals surface area contributed by atoms with E-state index in [0.29, 0.717) is 5.75 Å². The molecule has 94 valence electrons. The van der Waals surface area contributed by atoms with E-state index >= 15 is 0 Å². The number of unbranched alkanes of at least 4 members (excludes halogenated alkanes) is 2. The molecule has 17 heavy (non-hydrogen) atoms. The monoisotopic (exact) mass is 234 g/mol. The molecule has 1 aromatic rings. The van der Waals surface area contributed by atoms with Crippen molar-refractivity contribution in [2.45, 2.75) is 46.5 Å². The Hall–Kier alpha value is -1.31. The Morgan fingerprint density at radius 2 is 1.82 bits per heavy atom. The predicted molar refractivity (Wildman–Crippen MR) is 70.0 cm³/mol. The van der Waals surface area contributed by atoms with E-state index in [2.05, 4.69) is 6.92 Å². The quantitative estimate of drug-likeness (QED) is 0.419. The van der Waals surface area contributed by atoms with Crippen molar-refractivity contribution in [3.8, 4) is 5.75 Å². The van der Waals surface area contributed by atoms with Crippen molar-refractivity contribution < 1.29 is 9.53 Å². The van der Waals surface area contributed by atoms with Gasteiger partial charge in [0.2, 0.25) is 0 Å². The zero-order valence-electron chi connectivity index (χ0n) is 11.0. The number of carbonyl (C=O) groups is 1. The van der Waals surface area contributed by atoms with Crippen molar-refractivity contribution >= 4 is 5.97 Å². The normalized spacial score (nSPS) is 11.2. The van der Waals surface area contributed by atoms with Crippen LogP contribution in [-0.2, 0) is 4.79 Å². The summed E-state index contributed by atoms with van der Waals surface area (Å²) < 4.78 is 5.37. The SMILES string of the molecule is CCCCCC(C)(C)C(=O)Oc1ccccc1. The number of benzene rings is 1. The number of esters is 1. The van der Waals surface area contributed by atoms with Gasteiger partial charge in [-0.2, -0.15) is 0 Å². The summed E-state index contributed by atoms with van der Waals surface area (Å²) >= 11 is 0. The van der Waals surface area contributed by atoms with Crippen LogP contribution in [0.5, 0.6) is 5.75 Å². The van der Waals surface area contributed by atoms with Crippen LogP contribution in [0.3, 0.4) is 0 Å². The zero-order valence-corrected chi connectivity index (χ0v) is 11.0. The lowest BCUT2D eigenvalue weighted by atomic mass is 9.87. The maximum atomic E-state index is 12.0. The van der Waals surface area contributed by atoms with Gasteiger partial charge in [0.25, 0.3) is 0 Å². The third kappa shape index (κ3) is 4.59. The van der Waals surface area contributed by atoms with Crippen molar-refractivity contribution in [2.24, 2.45) is 5.41 Å². The lowest BCUT2D eigenvalue weighted by molar-refractivity contribution is -0.144. The Morgan fingerprint density at radius 1 is 1.18 bits per heavy atom. The summed E-state index contributed by atoms with van der Waals surface area (Å²) in [5.74, 6) is 0.487. The molecular formula is C15H22O2. The highest BCUT2D eigenvalue weighted by Crippen LogP contribution is 2.26. The van der Waals surface area contributed by atoms with Crippen LogP contribution in [0.4, 0.5) is 0 Å². The zero-order chi connectivity index (χ0) is 12.7. The first kappa shape index (κ1) is 13.8. The van der Waals surface area contributed by atoms with Gasteiger partial charge in [-0.15, -0.1) is 0 Å². The maximum Gasteiger partial charge on any atom is 0.316 e. The van der Waals surface area contributed by atoms with Crippen LogP contribution < -0.4 is 4.74 Å².